The van der Waals surface area contributed by atoms with E-state index in [9.17, 15) is 9.59 Å². The lowest BCUT2D eigenvalue weighted by molar-refractivity contribution is 0.0960. The number of rotatable bonds is 5. The van der Waals surface area contributed by atoms with E-state index in [-0.39, 0.29) is 17.3 Å². The fraction of sp³-hybridized carbons (Fsp3) is 0.217. The molecule has 1 aliphatic rings. The number of carbonyl (C=O) groups excluding carboxylic acids is 1. The summed E-state index contributed by atoms with van der Waals surface area (Å²) in [6.07, 6.45) is 4.83. The van der Waals surface area contributed by atoms with Crippen LogP contribution in [-0.4, -0.2) is 27.3 Å². The van der Waals surface area contributed by atoms with Crippen molar-refractivity contribution in [1.82, 2.24) is 15.0 Å². The first kappa shape index (κ1) is 18.3. The molecule has 1 aliphatic carbocycles. The number of fused-ring (bicyclic) bond motifs is 3. The maximum Gasteiger partial charge on any atom is 0.262 e. The maximum atomic E-state index is 12.9. The van der Waals surface area contributed by atoms with Crippen molar-refractivity contribution < 1.29 is 9.21 Å². The van der Waals surface area contributed by atoms with E-state index in [4.69, 9.17) is 4.42 Å². The van der Waals surface area contributed by atoms with Gasteiger partial charge in [-0.05, 0) is 36.1 Å². The van der Waals surface area contributed by atoms with Gasteiger partial charge < -0.3 is 9.73 Å². The number of nitrogens with one attached hydrogen (secondary N) is 2. The molecule has 0 fully saturated rings. The Morgan fingerprint density at radius 3 is 2.77 bits per heavy atom. The van der Waals surface area contributed by atoms with E-state index in [0.717, 1.165) is 12.2 Å². The zero-order chi connectivity index (χ0) is 20.5. The Balaban J connectivity index is 1.45. The molecule has 5 rings (SSSR count). The highest BCUT2D eigenvalue weighted by Crippen LogP contribution is 2.34. The van der Waals surface area contributed by atoms with Gasteiger partial charge in [0, 0.05) is 30.6 Å². The largest absolute Gasteiger partial charge is 0.469 e. The summed E-state index contributed by atoms with van der Waals surface area (Å²) < 4.78 is 5.50. The average molecular weight is 400 g/mol. The molecule has 0 spiro atoms. The predicted octanol–water partition coefficient (Wildman–Crippen LogP) is 3.48. The van der Waals surface area contributed by atoms with Crippen LogP contribution >= 0.6 is 0 Å². The van der Waals surface area contributed by atoms with Gasteiger partial charge in [-0.3, -0.25) is 14.6 Å². The lowest BCUT2D eigenvalue weighted by atomic mass is 9.81. The molecule has 1 unspecified atom stereocenters. The number of hydrogen-bond donors (Lipinski definition) is 2. The van der Waals surface area contributed by atoms with E-state index in [1.807, 2.05) is 30.3 Å². The van der Waals surface area contributed by atoms with Gasteiger partial charge in [0.15, 0.2) is 11.4 Å². The van der Waals surface area contributed by atoms with Crippen LogP contribution in [0.5, 0.6) is 0 Å². The number of Topliss-reactive ketones (excluding diaryl/α,β-unsaturated/α-hetero) is 1. The normalized spacial score (nSPS) is 15.9. The van der Waals surface area contributed by atoms with E-state index < -0.39 is 0 Å². The second kappa shape index (κ2) is 7.59. The number of aromatic nitrogens is 3. The number of carbonyl (C=O) groups is 1. The second-order valence-electron chi connectivity index (χ2n) is 7.47. The number of pyridine rings is 1. The van der Waals surface area contributed by atoms with Gasteiger partial charge in [0.2, 0.25) is 5.95 Å². The van der Waals surface area contributed by atoms with Gasteiger partial charge in [-0.1, -0.05) is 30.3 Å². The molecule has 0 aliphatic heterocycles. The summed E-state index contributed by atoms with van der Waals surface area (Å²) >= 11 is 0. The molecule has 0 bridgehead atoms. The number of furan rings is 1. The molecule has 2 N–H and O–H groups in total. The lowest BCUT2D eigenvalue weighted by Gasteiger charge is -2.22. The van der Waals surface area contributed by atoms with Gasteiger partial charge >= 0.3 is 0 Å². The minimum Gasteiger partial charge on any atom is -0.469 e. The molecular weight excluding hydrogens is 380 g/mol. The number of ketones is 1. The zero-order valence-corrected chi connectivity index (χ0v) is 16.2. The summed E-state index contributed by atoms with van der Waals surface area (Å²) in [4.78, 5) is 37.1. The molecule has 7 heteroatoms. The van der Waals surface area contributed by atoms with E-state index >= 15 is 0 Å². The maximum absolute atomic E-state index is 12.9. The summed E-state index contributed by atoms with van der Waals surface area (Å²) in [5, 5.41) is 3.54. The van der Waals surface area contributed by atoms with Crippen LogP contribution in [0.2, 0.25) is 0 Å². The van der Waals surface area contributed by atoms with Gasteiger partial charge in [-0.25, -0.2) is 4.98 Å². The molecule has 7 nitrogen and oxygen atoms in total. The minimum atomic E-state index is -0.292. The van der Waals surface area contributed by atoms with Crippen LogP contribution < -0.4 is 10.9 Å². The number of anilines is 1. The molecule has 3 aromatic heterocycles. The van der Waals surface area contributed by atoms with Gasteiger partial charge in [0.05, 0.1) is 11.6 Å². The summed E-state index contributed by atoms with van der Waals surface area (Å²) in [5.74, 6) is 1.01. The number of hydrogen-bond acceptors (Lipinski definition) is 6. The topological polar surface area (TPSA) is 101 Å². The Morgan fingerprint density at radius 1 is 1.10 bits per heavy atom. The van der Waals surface area contributed by atoms with Crippen LogP contribution in [0, 0.1) is 0 Å². The predicted molar refractivity (Wildman–Crippen MR) is 113 cm³/mol. The fourth-order valence-electron chi connectivity index (χ4n) is 4.05. The molecule has 3 heterocycles. The molecule has 0 amide bonds. The Morgan fingerprint density at radius 2 is 1.97 bits per heavy atom. The van der Waals surface area contributed by atoms with E-state index in [1.54, 1.807) is 12.5 Å². The first-order chi connectivity index (χ1) is 14.7. The molecule has 0 saturated heterocycles. The SMILES string of the molecule is O=C1CC(c2ccco2)Cc2c1cnc1nc(NCCc3ccccc3)[nH]c(=O)c21. The molecule has 1 aromatic carbocycles. The van der Waals surface area contributed by atoms with Crippen molar-refractivity contribution in [3.05, 3.63) is 87.7 Å². The van der Waals surface area contributed by atoms with Crippen LogP contribution in [0.3, 0.4) is 0 Å². The molecule has 1 atom stereocenters. The average Bonchev–Trinajstić information content (AvgIpc) is 3.29. The van der Waals surface area contributed by atoms with E-state index in [0.29, 0.717) is 47.5 Å². The monoisotopic (exact) mass is 400 g/mol. The first-order valence-electron chi connectivity index (χ1n) is 9.95. The van der Waals surface area contributed by atoms with Crippen LogP contribution in [0.1, 0.15) is 39.6 Å². The van der Waals surface area contributed by atoms with Gasteiger partial charge in [0.1, 0.15) is 5.76 Å². The minimum absolute atomic E-state index is 0.0310. The Hall–Kier alpha value is -3.74. The summed E-state index contributed by atoms with van der Waals surface area (Å²) in [5.41, 5.74) is 2.44. The number of H-pyrrole nitrogens is 1. The van der Waals surface area contributed by atoms with E-state index in [1.165, 1.54) is 5.56 Å². The third kappa shape index (κ3) is 3.39. The smallest absolute Gasteiger partial charge is 0.262 e. The second-order valence-corrected chi connectivity index (χ2v) is 7.47. The lowest BCUT2D eigenvalue weighted by Crippen LogP contribution is -2.23. The van der Waals surface area contributed by atoms with Gasteiger partial charge in [0.25, 0.3) is 5.56 Å². The summed E-state index contributed by atoms with van der Waals surface area (Å²) in [7, 11) is 0. The van der Waals surface area contributed by atoms with Crippen molar-refractivity contribution in [2.75, 3.05) is 11.9 Å². The molecular formula is C23H20N4O3. The number of aromatic amines is 1. The quantitative estimate of drug-likeness (QED) is 0.532. The zero-order valence-electron chi connectivity index (χ0n) is 16.2. The highest BCUT2D eigenvalue weighted by atomic mass is 16.3. The Labute approximate surface area is 172 Å². The van der Waals surface area contributed by atoms with Crippen molar-refractivity contribution in [1.29, 1.82) is 0 Å². The first-order valence-corrected chi connectivity index (χ1v) is 9.95. The van der Waals surface area contributed by atoms with Crippen molar-refractivity contribution >= 4 is 22.8 Å². The van der Waals surface area contributed by atoms with Crippen LogP contribution in [0.25, 0.3) is 11.0 Å². The third-order valence-electron chi connectivity index (χ3n) is 5.52. The van der Waals surface area contributed by atoms with E-state index in [2.05, 4.69) is 32.4 Å². The van der Waals surface area contributed by atoms with Crippen LogP contribution in [0.15, 0.2) is 64.1 Å². The third-order valence-corrected chi connectivity index (χ3v) is 5.52. The van der Waals surface area contributed by atoms with Crippen molar-refractivity contribution in [3.8, 4) is 0 Å². The molecule has 150 valence electrons. The summed E-state index contributed by atoms with van der Waals surface area (Å²) in [6, 6.07) is 13.8. The fourth-order valence-corrected chi connectivity index (χ4v) is 4.05. The standard InChI is InChI=1S/C23H20N4O3/c28-18-12-15(19-7-4-10-30-19)11-16-17(18)13-25-21-20(16)22(29)27-23(26-21)24-9-8-14-5-2-1-3-6-14/h1-7,10,13,15H,8-9,11-12H2,(H2,24,25,26,27,29). The Kier molecular flexibility index (Phi) is 4.63. The van der Waals surface area contributed by atoms with Gasteiger partial charge in [-0.15, -0.1) is 0 Å². The highest BCUT2D eigenvalue weighted by molar-refractivity contribution is 6.02. The summed E-state index contributed by atoms with van der Waals surface area (Å²) in [6.45, 7) is 0.627. The van der Waals surface area contributed by atoms with Crippen molar-refractivity contribution in [2.45, 2.75) is 25.2 Å². The molecule has 0 saturated carbocycles. The molecule has 30 heavy (non-hydrogen) atoms. The van der Waals surface area contributed by atoms with Crippen LogP contribution in [0.4, 0.5) is 5.95 Å². The molecule has 0 radical (unpaired) electrons. The van der Waals surface area contributed by atoms with Crippen LogP contribution in [-0.2, 0) is 12.8 Å². The van der Waals surface area contributed by atoms with Gasteiger partial charge in [-0.2, -0.15) is 4.98 Å². The Bertz CT molecular complexity index is 1260. The highest BCUT2D eigenvalue weighted by Gasteiger charge is 2.30. The van der Waals surface area contributed by atoms with Crippen molar-refractivity contribution in [3.63, 3.8) is 0 Å². The van der Waals surface area contributed by atoms with Crippen molar-refractivity contribution in [2.24, 2.45) is 0 Å². The number of nitrogens with zero attached hydrogens (tertiary/aromatic N) is 2. The molecule has 4 aromatic rings. The number of benzene rings is 1.